The second-order valence-electron chi connectivity index (χ2n) is 5.08. The maximum Gasteiger partial charge on any atom is 0.253 e. The summed E-state index contributed by atoms with van der Waals surface area (Å²) in [7, 11) is 0. The van der Waals surface area contributed by atoms with Gasteiger partial charge < -0.3 is 10.6 Å². The Hall–Kier alpha value is -2.29. The second-order valence-corrected chi connectivity index (χ2v) is 5.08. The number of carbonyl (C=O) groups excluding carboxylic acids is 1. The Morgan fingerprint density at radius 3 is 2.43 bits per heavy atom. The fourth-order valence-corrected chi connectivity index (χ4v) is 2.19. The summed E-state index contributed by atoms with van der Waals surface area (Å²) in [6.45, 7) is 4.96. The van der Waals surface area contributed by atoms with Crippen LogP contribution in [0.4, 0.5) is 5.69 Å². The normalized spacial score (nSPS) is 11.7. The largest absolute Gasteiger partial charge is 0.384 e. The molecule has 2 rings (SSSR count). The molecule has 0 aliphatic rings. The molecule has 2 N–H and O–H groups in total. The second kappa shape index (κ2) is 7.48. The topological polar surface area (TPSA) is 41.1 Å². The zero-order valence-corrected chi connectivity index (χ0v) is 12.6. The highest BCUT2D eigenvalue weighted by Crippen LogP contribution is 2.17. The van der Waals surface area contributed by atoms with Crippen molar-refractivity contribution in [3.05, 3.63) is 65.7 Å². The van der Waals surface area contributed by atoms with Gasteiger partial charge in [0.05, 0.1) is 11.6 Å². The van der Waals surface area contributed by atoms with Gasteiger partial charge in [-0.05, 0) is 31.0 Å². The Labute approximate surface area is 126 Å². The minimum Gasteiger partial charge on any atom is -0.384 e. The zero-order valence-electron chi connectivity index (χ0n) is 12.6. The van der Waals surface area contributed by atoms with Crippen LogP contribution in [0, 0.1) is 0 Å². The first kappa shape index (κ1) is 15.1. The molecular weight excluding hydrogens is 260 g/mol. The fourth-order valence-electron chi connectivity index (χ4n) is 2.19. The maximum absolute atomic E-state index is 12.5. The molecule has 0 heterocycles. The summed E-state index contributed by atoms with van der Waals surface area (Å²) >= 11 is 0. The van der Waals surface area contributed by atoms with Gasteiger partial charge >= 0.3 is 0 Å². The monoisotopic (exact) mass is 282 g/mol. The van der Waals surface area contributed by atoms with Gasteiger partial charge in [0, 0.05) is 12.2 Å². The molecule has 0 unspecified atom stereocenters. The van der Waals surface area contributed by atoms with E-state index in [1.807, 2.05) is 61.5 Å². The van der Waals surface area contributed by atoms with Gasteiger partial charge in [0.2, 0.25) is 0 Å². The summed E-state index contributed by atoms with van der Waals surface area (Å²) in [5.74, 6) is -0.0504. The Morgan fingerprint density at radius 1 is 1.05 bits per heavy atom. The highest BCUT2D eigenvalue weighted by Gasteiger charge is 2.14. The molecule has 0 bridgehead atoms. The SMILES string of the molecule is CCCNc1ccccc1C(=O)N[C@@H](C)c1ccccc1. The van der Waals surface area contributed by atoms with Crippen LogP contribution in [0.15, 0.2) is 54.6 Å². The first-order valence-electron chi connectivity index (χ1n) is 7.41. The quantitative estimate of drug-likeness (QED) is 0.841. The fraction of sp³-hybridized carbons (Fsp3) is 0.278. The van der Waals surface area contributed by atoms with Crippen molar-refractivity contribution < 1.29 is 4.79 Å². The molecule has 0 aliphatic heterocycles. The third-order valence-corrected chi connectivity index (χ3v) is 3.38. The average Bonchev–Trinajstić information content (AvgIpc) is 2.54. The number of rotatable bonds is 6. The van der Waals surface area contributed by atoms with Crippen LogP contribution < -0.4 is 10.6 Å². The molecule has 0 aromatic heterocycles. The Morgan fingerprint density at radius 2 is 1.71 bits per heavy atom. The van der Waals surface area contributed by atoms with E-state index < -0.39 is 0 Å². The van der Waals surface area contributed by atoms with Crippen LogP contribution >= 0.6 is 0 Å². The van der Waals surface area contributed by atoms with Gasteiger partial charge in [0.15, 0.2) is 0 Å². The van der Waals surface area contributed by atoms with Crippen LogP contribution in [0.2, 0.25) is 0 Å². The molecule has 110 valence electrons. The van der Waals surface area contributed by atoms with E-state index in [9.17, 15) is 4.79 Å². The lowest BCUT2D eigenvalue weighted by Gasteiger charge is -2.16. The van der Waals surface area contributed by atoms with E-state index in [0.29, 0.717) is 5.56 Å². The third-order valence-electron chi connectivity index (χ3n) is 3.38. The summed E-state index contributed by atoms with van der Waals surface area (Å²) in [4.78, 5) is 12.5. The highest BCUT2D eigenvalue weighted by molar-refractivity contribution is 5.99. The van der Waals surface area contributed by atoms with Crippen molar-refractivity contribution in [2.75, 3.05) is 11.9 Å². The molecule has 0 saturated heterocycles. The summed E-state index contributed by atoms with van der Waals surface area (Å²) in [5.41, 5.74) is 2.68. The van der Waals surface area contributed by atoms with Gasteiger partial charge in [-0.15, -0.1) is 0 Å². The molecule has 3 nitrogen and oxygen atoms in total. The number of hydrogen-bond donors (Lipinski definition) is 2. The summed E-state index contributed by atoms with van der Waals surface area (Å²) in [6, 6.07) is 17.6. The molecule has 0 fully saturated rings. The maximum atomic E-state index is 12.5. The number of benzene rings is 2. The molecule has 0 saturated carbocycles. The van der Waals surface area contributed by atoms with Crippen molar-refractivity contribution in [1.82, 2.24) is 5.32 Å². The highest BCUT2D eigenvalue weighted by atomic mass is 16.1. The van der Waals surface area contributed by atoms with E-state index in [1.54, 1.807) is 0 Å². The number of para-hydroxylation sites is 1. The van der Waals surface area contributed by atoms with Gasteiger partial charge in [-0.3, -0.25) is 4.79 Å². The van der Waals surface area contributed by atoms with E-state index in [-0.39, 0.29) is 11.9 Å². The summed E-state index contributed by atoms with van der Waals surface area (Å²) in [6.07, 6.45) is 1.02. The van der Waals surface area contributed by atoms with Crippen molar-refractivity contribution >= 4 is 11.6 Å². The molecule has 21 heavy (non-hydrogen) atoms. The van der Waals surface area contributed by atoms with Crippen LogP contribution in [0.5, 0.6) is 0 Å². The predicted octanol–water partition coefficient (Wildman–Crippen LogP) is 4.00. The first-order chi connectivity index (χ1) is 10.2. The number of nitrogens with one attached hydrogen (secondary N) is 2. The number of carbonyl (C=O) groups is 1. The van der Waals surface area contributed by atoms with Crippen LogP contribution in [0.25, 0.3) is 0 Å². The van der Waals surface area contributed by atoms with Crippen LogP contribution in [0.1, 0.15) is 42.2 Å². The number of hydrogen-bond acceptors (Lipinski definition) is 2. The van der Waals surface area contributed by atoms with E-state index in [2.05, 4.69) is 17.6 Å². The van der Waals surface area contributed by atoms with Crippen LogP contribution in [-0.2, 0) is 0 Å². The Bertz CT molecular complexity index is 581. The zero-order chi connectivity index (χ0) is 15.1. The van der Waals surface area contributed by atoms with E-state index in [0.717, 1.165) is 24.2 Å². The minimum absolute atomic E-state index is 0.0158. The Balaban J connectivity index is 2.10. The van der Waals surface area contributed by atoms with Crippen molar-refractivity contribution in [1.29, 1.82) is 0 Å². The van der Waals surface area contributed by atoms with Crippen LogP contribution in [0.3, 0.4) is 0 Å². The summed E-state index contributed by atoms with van der Waals surface area (Å²) < 4.78 is 0. The molecule has 3 heteroatoms. The molecule has 2 aromatic rings. The van der Waals surface area contributed by atoms with Crippen molar-refractivity contribution in [3.8, 4) is 0 Å². The molecule has 1 amide bonds. The van der Waals surface area contributed by atoms with Gasteiger partial charge in [-0.1, -0.05) is 49.4 Å². The van der Waals surface area contributed by atoms with Gasteiger partial charge in [-0.25, -0.2) is 0 Å². The Kier molecular flexibility index (Phi) is 5.38. The van der Waals surface area contributed by atoms with Gasteiger partial charge in [0.25, 0.3) is 5.91 Å². The molecule has 0 radical (unpaired) electrons. The van der Waals surface area contributed by atoms with Crippen LogP contribution in [-0.4, -0.2) is 12.5 Å². The van der Waals surface area contributed by atoms with E-state index in [4.69, 9.17) is 0 Å². The molecule has 0 spiro atoms. The lowest BCUT2D eigenvalue weighted by atomic mass is 10.1. The number of amides is 1. The van der Waals surface area contributed by atoms with Gasteiger partial charge in [0.1, 0.15) is 0 Å². The first-order valence-corrected chi connectivity index (χ1v) is 7.41. The van der Waals surface area contributed by atoms with E-state index in [1.165, 1.54) is 0 Å². The lowest BCUT2D eigenvalue weighted by Crippen LogP contribution is -2.27. The average molecular weight is 282 g/mol. The van der Waals surface area contributed by atoms with Crippen molar-refractivity contribution in [2.24, 2.45) is 0 Å². The van der Waals surface area contributed by atoms with Crippen molar-refractivity contribution in [2.45, 2.75) is 26.3 Å². The standard InChI is InChI=1S/C18H22N2O/c1-3-13-19-17-12-8-7-11-16(17)18(21)20-14(2)15-9-5-4-6-10-15/h4-12,14,19H,3,13H2,1-2H3,(H,20,21)/t14-/m0/s1. The smallest absolute Gasteiger partial charge is 0.253 e. The molecular formula is C18H22N2O. The van der Waals surface area contributed by atoms with Crippen molar-refractivity contribution in [3.63, 3.8) is 0 Å². The molecule has 0 aliphatic carbocycles. The lowest BCUT2D eigenvalue weighted by molar-refractivity contribution is 0.0940. The predicted molar refractivity (Wildman–Crippen MR) is 87.5 cm³/mol. The minimum atomic E-state index is -0.0504. The summed E-state index contributed by atoms with van der Waals surface area (Å²) in [5, 5.41) is 6.35. The van der Waals surface area contributed by atoms with Gasteiger partial charge in [-0.2, -0.15) is 0 Å². The third kappa shape index (κ3) is 4.09. The molecule has 2 aromatic carbocycles. The number of anilines is 1. The van der Waals surface area contributed by atoms with E-state index >= 15 is 0 Å². The molecule has 1 atom stereocenters.